The van der Waals surface area contributed by atoms with E-state index in [0.29, 0.717) is 18.2 Å². The van der Waals surface area contributed by atoms with E-state index in [9.17, 15) is 38.2 Å². The molecule has 0 fully saturated rings. The summed E-state index contributed by atoms with van der Waals surface area (Å²) in [6.07, 6.45) is -4.69. The molecule has 27 heavy (non-hydrogen) atoms. The molecule has 0 saturated heterocycles. The Bertz CT molecular complexity index is 962. The van der Waals surface area contributed by atoms with Gasteiger partial charge < -0.3 is 5.32 Å². The van der Waals surface area contributed by atoms with Crippen LogP contribution in [0.5, 0.6) is 0 Å². The van der Waals surface area contributed by atoms with Crippen molar-refractivity contribution in [1.29, 1.82) is 0 Å². The summed E-state index contributed by atoms with van der Waals surface area (Å²) in [6, 6.07) is 3.69. The second kappa shape index (κ2) is 7.19. The molecule has 0 heterocycles. The first-order valence-electron chi connectivity index (χ1n) is 7.03. The SMILES string of the molecule is Cc1c(C(=O)Nc2cc(C(F)(F)F)ccc2Cl)cc([N+](=O)[O-])cc1[N+](=O)[O-]. The minimum Gasteiger partial charge on any atom is -0.321 e. The molecule has 0 saturated carbocycles. The van der Waals surface area contributed by atoms with Gasteiger partial charge in [-0.05, 0) is 25.1 Å². The van der Waals surface area contributed by atoms with Crippen molar-refractivity contribution >= 4 is 34.6 Å². The highest BCUT2D eigenvalue weighted by atomic mass is 35.5. The van der Waals surface area contributed by atoms with Gasteiger partial charge in [0, 0.05) is 11.6 Å². The van der Waals surface area contributed by atoms with Crippen LogP contribution in [0, 0.1) is 27.2 Å². The Kier molecular flexibility index (Phi) is 5.36. The average Bonchev–Trinajstić information content (AvgIpc) is 2.55. The Morgan fingerprint density at radius 1 is 1.11 bits per heavy atom. The van der Waals surface area contributed by atoms with Gasteiger partial charge in [0.05, 0.1) is 37.7 Å². The Hall–Kier alpha value is -3.21. The van der Waals surface area contributed by atoms with E-state index in [2.05, 4.69) is 5.32 Å². The minimum atomic E-state index is -4.69. The van der Waals surface area contributed by atoms with Gasteiger partial charge in [-0.3, -0.25) is 25.0 Å². The standard InChI is InChI=1S/C15H9ClF3N3O5/c1-7-10(5-9(21(24)25)6-13(7)22(26)27)14(23)20-12-4-8(15(17,18)19)2-3-11(12)16/h2-6H,1H3,(H,20,23). The normalized spacial score (nSPS) is 11.1. The second-order valence-electron chi connectivity index (χ2n) is 5.30. The Morgan fingerprint density at radius 3 is 2.26 bits per heavy atom. The molecule has 0 spiro atoms. The largest absolute Gasteiger partial charge is 0.416 e. The van der Waals surface area contributed by atoms with E-state index in [1.807, 2.05) is 0 Å². The van der Waals surface area contributed by atoms with Crippen molar-refractivity contribution in [2.75, 3.05) is 5.32 Å². The molecular weight excluding hydrogens is 395 g/mol. The van der Waals surface area contributed by atoms with Crippen LogP contribution in [-0.4, -0.2) is 15.8 Å². The van der Waals surface area contributed by atoms with E-state index in [-0.39, 0.29) is 10.6 Å². The molecule has 1 N–H and O–H groups in total. The van der Waals surface area contributed by atoms with E-state index in [0.717, 1.165) is 12.1 Å². The summed E-state index contributed by atoms with van der Waals surface area (Å²) < 4.78 is 38.4. The van der Waals surface area contributed by atoms with Crippen LogP contribution in [0.4, 0.5) is 30.2 Å². The van der Waals surface area contributed by atoms with Gasteiger partial charge >= 0.3 is 6.18 Å². The van der Waals surface area contributed by atoms with Crippen LogP contribution in [0.15, 0.2) is 30.3 Å². The summed E-state index contributed by atoms with van der Waals surface area (Å²) >= 11 is 5.78. The van der Waals surface area contributed by atoms with Gasteiger partial charge in [0.25, 0.3) is 17.3 Å². The molecule has 0 atom stereocenters. The number of halogens is 4. The highest BCUT2D eigenvalue weighted by molar-refractivity contribution is 6.34. The van der Waals surface area contributed by atoms with Crippen molar-refractivity contribution in [3.63, 3.8) is 0 Å². The van der Waals surface area contributed by atoms with E-state index in [4.69, 9.17) is 11.6 Å². The zero-order valence-corrected chi connectivity index (χ0v) is 14.1. The van der Waals surface area contributed by atoms with E-state index < -0.39 is 50.1 Å². The highest BCUT2D eigenvalue weighted by Gasteiger charge is 2.31. The molecule has 0 radical (unpaired) electrons. The van der Waals surface area contributed by atoms with Gasteiger partial charge in [-0.15, -0.1) is 0 Å². The second-order valence-corrected chi connectivity index (χ2v) is 5.71. The van der Waals surface area contributed by atoms with Crippen molar-refractivity contribution in [3.8, 4) is 0 Å². The summed E-state index contributed by atoms with van der Waals surface area (Å²) in [6.45, 7) is 1.19. The fourth-order valence-electron chi connectivity index (χ4n) is 2.20. The third-order valence-corrected chi connectivity index (χ3v) is 3.89. The molecule has 142 valence electrons. The van der Waals surface area contributed by atoms with E-state index >= 15 is 0 Å². The molecule has 0 bridgehead atoms. The summed E-state index contributed by atoms with van der Waals surface area (Å²) in [5, 5.41) is 23.9. The minimum absolute atomic E-state index is 0.189. The number of nitro groups is 2. The first kappa shape index (κ1) is 20.1. The van der Waals surface area contributed by atoms with Crippen molar-refractivity contribution in [3.05, 3.63) is 72.3 Å². The zero-order chi connectivity index (χ0) is 20.5. The number of carbonyl (C=O) groups is 1. The molecular formula is C15H9ClF3N3O5. The van der Waals surface area contributed by atoms with Crippen LogP contribution in [0.25, 0.3) is 0 Å². The lowest BCUT2D eigenvalue weighted by Crippen LogP contribution is -2.16. The number of nitro benzene ring substituents is 2. The molecule has 1 amide bonds. The molecule has 0 unspecified atom stereocenters. The maximum atomic E-state index is 12.8. The van der Waals surface area contributed by atoms with Crippen LogP contribution in [0.3, 0.4) is 0 Å². The first-order valence-corrected chi connectivity index (χ1v) is 7.41. The number of benzene rings is 2. The lowest BCUT2D eigenvalue weighted by molar-refractivity contribution is -0.394. The number of hydrogen-bond donors (Lipinski definition) is 1. The lowest BCUT2D eigenvalue weighted by Gasteiger charge is -2.12. The van der Waals surface area contributed by atoms with Gasteiger partial charge in [0.1, 0.15) is 0 Å². The number of non-ortho nitro benzene ring substituents is 1. The van der Waals surface area contributed by atoms with Crippen LogP contribution >= 0.6 is 11.6 Å². The summed E-state index contributed by atoms with van der Waals surface area (Å²) in [4.78, 5) is 32.5. The number of nitrogens with one attached hydrogen (secondary N) is 1. The lowest BCUT2D eigenvalue weighted by atomic mass is 10.0. The fraction of sp³-hybridized carbons (Fsp3) is 0.133. The van der Waals surface area contributed by atoms with Crippen LogP contribution < -0.4 is 5.32 Å². The fourth-order valence-corrected chi connectivity index (χ4v) is 2.37. The van der Waals surface area contributed by atoms with Crippen molar-refractivity contribution in [1.82, 2.24) is 0 Å². The average molecular weight is 404 g/mol. The Morgan fingerprint density at radius 2 is 1.74 bits per heavy atom. The van der Waals surface area contributed by atoms with Gasteiger partial charge in [0.15, 0.2) is 0 Å². The summed E-state index contributed by atoms with van der Waals surface area (Å²) in [7, 11) is 0. The number of anilines is 1. The smallest absolute Gasteiger partial charge is 0.321 e. The van der Waals surface area contributed by atoms with Gasteiger partial charge in [-0.2, -0.15) is 13.2 Å². The summed E-state index contributed by atoms with van der Waals surface area (Å²) in [5.41, 5.74) is -3.50. The molecule has 0 aromatic heterocycles. The molecule has 0 aliphatic heterocycles. The predicted octanol–water partition coefficient (Wildman–Crippen LogP) is 4.74. The monoisotopic (exact) mass is 403 g/mol. The molecule has 2 rings (SSSR count). The van der Waals surface area contributed by atoms with Crippen LogP contribution in [0.2, 0.25) is 5.02 Å². The maximum Gasteiger partial charge on any atom is 0.416 e. The zero-order valence-electron chi connectivity index (χ0n) is 13.3. The molecule has 8 nitrogen and oxygen atoms in total. The molecule has 0 aliphatic carbocycles. The van der Waals surface area contributed by atoms with Crippen LogP contribution in [0.1, 0.15) is 21.5 Å². The number of amides is 1. The maximum absolute atomic E-state index is 12.8. The van der Waals surface area contributed by atoms with Gasteiger partial charge in [0.2, 0.25) is 0 Å². The molecule has 2 aromatic rings. The van der Waals surface area contributed by atoms with E-state index in [1.54, 1.807) is 0 Å². The van der Waals surface area contributed by atoms with Crippen molar-refractivity contribution < 1.29 is 27.8 Å². The molecule has 12 heteroatoms. The molecule has 2 aromatic carbocycles. The number of rotatable bonds is 4. The van der Waals surface area contributed by atoms with Crippen LogP contribution in [-0.2, 0) is 6.18 Å². The summed E-state index contributed by atoms with van der Waals surface area (Å²) in [5.74, 6) is -1.08. The number of carbonyl (C=O) groups excluding carboxylic acids is 1. The third kappa shape index (κ3) is 4.31. The van der Waals surface area contributed by atoms with Gasteiger partial charge in [-0.25, -0.2) is 0 Å². The Labute approximate surface area is 153 Å². The third-order valence-electron chi connectivity index (χ3n) is 3.56. The van der Waals surface area contributed by atoms with E-state index in [1.165, 1.54) is 6.92 Å². The predicted molar refractivity (Wildman–Crippen MR) is 88.9 cm³/mol. The topological polar surface area (TPSA) is 115 Å². The molecule has 0 aliphatic rings. The number of hydrogen-bond acceptors (Lipinski definition) is 5. The Balaban J connectivity index is 2.50. The number of alkyl halides is 3. The highest BCUT2D eigenvalue weighted by Crippen LogP contribution is 2.34. The van der Waals surface area contributed by atoms with Gasteiger partial charge in [-0.1, -0.05) is 11.6 Å². The first-order chi connectivity index (χ1) is 12.4. The quantitative estimate of drug-likeness (QED) is 0.585. The number of nitrogens with zero attached hydrogens (tertiary/aromatic N) is 2. The van der Waals surface area contributed by atoms with Crippen molar-refractivity contribution in [2.45, 2.75) is 13.1 Å². The van der Waals surface area contributed by atoms with Crippen molar-refractivity contribution in [2.24, 2.45) is 0 Å².